The van der Waals surface area contributed by atoms with Crippen LogP contribution in [0.25, 0.3) is 0 Å². The molecule has 4 rings (SSSR count). The average Bonchev–Trinajstić information content (AvgIpc) is 3.44. The molecule has 1 aliphatic heterocycles. The highest BCUT2D eigenvalue weighted by atomic mass is 35.5. The molecule has 2 fully saturated rings. The van der Waals surface area contributed by atoms with Crippen molar-refractivity contribution in [2.24, 2.45) is 28.7 Å². The fraction of sp³-hybridized carbons (Fsp3) is 0.522. The van der Waals surface area contributed by atoms with E-state index in [0.29, 0.717) is 43.6 Å². The number of nitrogens with zero attached hydrogens (tertiary/aromatic N) is 2. The topological polar surface area (TPSA) is 83.0 Å². The maximum absolute atomic E-state index is 12.7. The number of halogens is 1. The summed E-state index contributed by atoms with van der Waals surface area (Å²) in [5.74, 6) is 1.70. The van der Waals surface area contributed by atoms with Crippen LogP contribution >= 0.6 is 11.6 Å². The third-order valence-corrected chi connectivity index (χ3v) is 6.65. The van der Waals surface area contributed by atoms with E-state index in [1.807, 2.05) is 19.1 Å². The second kappa shape index (κ2) is 9.30. The van der Waals surface area contributed by atoms with Crippen LogP contribution in [-0.4, -0.2) is 49.4 Å². The summed E-state index contributed by atoms with van der Waals surface area (Å²) in [6.45, 7) is 4.08. The number of hydrogen-bond donors (Lipinski definition) is 2. The first-order valence-corrected chi connectivity index (χ1v) is 11.3. The Labute approximate surface area is 187 Å². The largest absolute Gasteiger partial charge is 0.493 e. The molecule has 2 N–H and O–H groups in total. The van der Waals surface area contributed by atoms with Gasteiger partial charge >= 0.3 is 0 Å². The number of nitrogens with one attached hydrogen (secondary N) is 2. The van der Waals surface area contributed by atoms with Crippen molar-refractivity contribution in [2.75, 3.05) is 26.7 Å². The first-order chi connectivity index (χ1) is 15.0. The molecule has 166 valence electrons. The highest BCUT2D eigenvalue weighted by Gasteiger charge is 2.58. The van der Waals surface area contributed by atoms with Gasteiger partial charge in [0.15, 0.2) is 5.96 Å². The fourth-order valence-corrected chi connectivity index (χ4v) is 5.15. The lowest BCUT2D eigenvalue weighted by Crippen LogP contribution is -2.39. The summed E-state index contributed by atoms with van der Waals surface area (Å²) in [5, 5.41) is 7.14. The Morgan fingerprint density at radius 1 is 1.19 bits per heavy atom. The van der Waals surface area contributed by atoms with Crippen molar-refractivity contribution in [2.45, 2.75) is 26.3 Å². The van der Waals surface area contributed by atoms with E-state index in [4.69, 9.17) is 16.3 Å². The number of imide groups is 1. The van der Waals surface area contributed by atoms with Gasteiger partial charge in [0, 0.05) is 37.3 Å². The molecule has 0 radical (unpaired) electrons. The Hall–Kier alpha value is -2.54. The molecule has 2 bridgehead atoms. The molecule has 2 amide bonds. The summed E-state index contributed by atoms with van der Waals surface area (Å²) >= 11 is 6.06. The number of hydrogen-bond acceptors (Lipinski definition) is 4. The molecular formula is C23H29ClN4O3. The van der Waals surface area contributed by atoms with Crippen molar-refractivity contribution in [3.05, 3.63) is 40.9 Å². The van der Waals surface area contributed by atoms with Crippen LogP contribution in [0.15, 0.2) is 35.3 Å². The second-order valence-corrected chi connectivity index (χ2v) is 8.66. The van der Waals surface area contributed by atoms with Gasteiger partial charge in [-0.3, -0.25) is 19.5 Å². The highest BCUT2D eigenvalue weighted by Crippen LogP contribution is 2.52. The van der Waals surface area contributed by atoms with Crippen LogP contribution in [0, 0.1) is 23.7 Å². The Balaban J connectivity index is 1.23. The lowest BCUT2D eigenvalue weighted by atomic mass is 9.85. The zero-order chi connectivity index (χ0) is 22.0. The number of amides is 2. The summed E-state index contributed by atoms with van der Waals surface area (Å²) in [6, 6.07) is 5.56. The standard InChI is InChI=1S/C23H29ClN4O3/c1-3-31-18-12-17(24)8-7-16(18)13-27-23(25-2)26-9-4-10-28-21(29)19-14-5-6-15(11-14)20(19)22(28)30/h5-8,12,14-15,19-20H,3-4,9-11,13H2,1-2H3,(H2,25,26,27). The van der Waals surface area contributed by atoms with E-state index in [9.17, 15) is 9.59 Å². The maximum atomic E-state index is 12.7. The Kier molecular flexibility index (Phi) is 6.51. The highest BCUT2D eigenvalue weighted by molar-refractivity contribution is 6.30. The number of likely N-dealkylation sites (tertiary alicyclic amines) is 1. The van der Waals surface area contributed by atoms with Crippen molar-refractivity contribution in [3.8, 4) is 5.75 Å². The van der Waals surface area contributed by atoms with E-state index in [0.717, 1.165) is 17.7 Å². The Bertz CT molecular complexity index is 886. The van der Waals surface area contributed by atoms with Gasteiger partial charge in [0.05, 0.1) is 18.4 Å². The summed E-state index contributed by atoms with van der Waals surface area (Å²) in [6.07, 6.45) is 5.87. The van der Waals surface area contributed by atoms with E-state index >= 15 is 0 Å². The first kappa shape index (κ1) is 21.7. The number of fused-ring (bicyclic) bond motifs is 5. The molecule has 31 heavy (non-hydrogen) atoms. The number of aliphatic imine (C=N–C) groups is 1. The zero-order valence-electron chi connectivity index (χ0n) is 17.9. The zero-order valence-corrected chi connectivity index (χ0v) is 18.7. The number of carbonyl (C=O) groups is 2. The van der Waals surface area contributed by atoms with Gasteiger partial charge in [-0.1, -0.05) is 29.8 Å². The van der Waals surface area contributed by atoms with Crippen LogP contribution in [0.3, 0.4) is 0 Å². The monoisotopic (exact) mass is 444 g/mol. The van der Waals surface area contributed by atoms with Gasteiger partial charge in [0.25, 0.3) is 0 Å². The molecule has 0 aromatic heterocycles. The number of benzene rings is 1. The van der Waals surface area contributed by atoms with Crippen molar-refractivity contribution < 1.29 is 14.3 Å². The third kappa shape index (κ3) is 4.28. The lowest BCUT2D eigenvalue weighted by molar-refractivity contribution is -0.140. The van der Waals surface area contributed by atoms with Crippen molar-refractivity contribution in [1.29, 1.82) is 0 Å². The van der Waals surface area contributed by atoms with Crippen LogP contribution < -0.4 is 15.4 Å². The molecule has 8 heteroatoms. The van der Waals surface area contributed by atoms with E-state index in [2.05, 4.69) is 27.8 Å². The minimum absolute atomic E-state index is 0.0144. The molecule has 4 atom stereocenters. The predicted octanol–water partition coefficient (Wildman–Crippen LogP) is 2.60. The Morgan fingerprint density at radius 3 is 2.55 bits per heavy atom. The summed E-state index contributed by atoms with van der Waals surface area (Å²) in [5.41, 5.74) is 0.984. The first-order valence-electron chi connectivity index (χ1n) is 10.9. The van der Waals surface area contributed by atoms with Crippen LogP contribution in [0.4, 0.5) is 0 Å². The van der Waals surface area contributed by atoms with Gasteiger partial charge in [0.1, 0.15) is 5.75 Å². The summed E-state index contributed by atoms with van der Waals surface area (Å²) in [7, 11) is 1.71. The number of ether oxygens (including phenoxy) is 1. The van der Waals surface area contributed by atoms with E-state index in [-0.39, 0.29) is 35.5 Å². The summed E-state index contributed by atoms with van der Waals surface area (Å²) < 4.78 is 5.65. The van der Waals surface area contributed by atoms with E-state index < -0.39 is 0 Å². The van der Waals surface area contributed by atoms with Crippen LogP contribution in [0.5, 0.6) is 5.75 Å². The SMILES string of the molecule is CCOc1cc(Cl)ccc1CNC(=NC)NCCCN1C(=O)C2C3C=CC(C3)C2C1=O. The van der Waals surface area contributed by atoms with Crippen LogP contribution in [-0.2, 0) is 16.1 Å². The van der Waals surface area contributed by atoms with Gasteiger partial charge in [-0.05, 0) is 43.7 Å². The maximum Gasteiger partial charge on any atom is 0.233 e. The molecule has 4 unspecified atom stereocenters. The van der Waals surface area contributed by atoms with Gasteiger partial charge in [-0.25, -0.2) is 0 Å². The third-order valence-electron chi connectivity index (χ3n) is 6.41. The number of allylic oxidation sites excluding steroid dienone is 2. The van der Waals surface area contributed by atoms with Crippen LogP contribution in [0.1, 0.15) is 25.3 Å². The number of carbonyl (C=O) groups excluding carboxylic acids is 2. The quantitative estimate of drug-likeness (QED) is 0.212. The molecule has 7 nitrogen and oxygen atoms in total. The van der Waals surface area contributed by atoms with Gasteiger partial charge in [-0.2, -0.15) is 0 Å². The lowest BCUT2D eigenvalue weighted by Gasteiger charge is -2.18. The molecule has 1 saturated carbocycles. The average molecular weight is 445 g/mol. The van der Waals surface area contributed by atoms with Gasteiger partial charge in [0.2, 0.25) is 11.8 Å². The van der Waals surface area contributed by atoms with Gasteiger partial charge in [-0.15, -0.1) is 0 Å². The van der Waals surface area contributed by atoms with Crippen molar-refractivity contribution in [3.63, 3.8) is 0 Å². The molecular weight excluding hydrogens is 416 g/mol. The molecule has 2 aliphatic carbocycles. The molecule has 1 aromatic carbocycles. The molecule has 1 aromatic rings. The van der Waals surface area contributed by atoms with E-state index in [1.54, 1.807) is 13.1 Å². The number of guanidine groups is 1. The number of rotatable bonds is 8. The normalized spacial score (nSPS) is 26.5. The second-order valence-electron chi connectivity index (χ2n) is 8.22. The predicted molar refractivity (Wildman–Crippen MR) is 120 cm³/mol. The minimum atomic E-state index is -0.121. The van der Waals surface area contributed by atoms with Crippen molar-refractivity contribution >= 4 is 29.4 Å². The summed E-state index contributed by atoms with van der Waals surface area (Å²) in [4.78, 5) is 31.2. The van der Waals surface area contributed by atoms with Crippen LogP contribution in [0.2, 0.25) is 5.02 Å². The smallest absolute Gasteiger partial charge is 0.233 e. The minimum Gasteiger partial charge on any atom is -0.493 e. The van der Waals surface area contributed by atoms with Crippen molar-refractivity contribution in [1.82, 2.24) is 15.5 Å². The molecule has 3 aliphatic rings. The fourth-order valence-electron chi connectivity index (χ4n) is 4.99. The molecule has 1 saturated heterocycles. The van der Waals surface area contributed by atoms with Gasteiger partial charge < -0.3 is 15.4 Å². The molecule has 1 heterocycles. The molecule has 0 spiro atoms. The van der Waals surface area contributed by atoms with E-state index in [1.165, 1.54) is 4.90 Å². The Morgan fingerprint density at radius 2 is 1.90 bits per heavy atom.